The summed E-state index contributed by atoms with van der Waals surface area (Å²) in [5.41, 5.74) is 2.21. The van der Waals surface area contributed by atoms with Crippen LogP contribution in [0, 0.1) is 11.6 Å². The van der Waals surface area contributed by atoms with Gasteiger partial charge in [0.2, 0.25) is 0 Å². The van der Waals surface area contributed by atoms with E-state index in [1.54, 1.807) is 0 Å². The molecule has 19 heavy (non-hydrogen) atoms. The third kappa shape index (κ3) is 3.19. The molecule has 0 fully saturated rings. The molecular formula is C13H9F2N3O. The Bertz CT molecular complexity index is 594. The van der Waals surface area contributed by atoms with Gasteiger partial charge in [-0.1, -0.05) is 6.07 Å². The van der Waals surface area contributed by atoms with Gasteiger partial charge in [0, 0.05) is 18.0 Å². The number of hydrogen-bond acceptors (Lipinski definition) is 3. The molecule has 0 aliphatic carbocycles. The number of pyridine rings is 1. The molecule has 0 aliphatic rings. The molecule has 0 unspecified atom stereocenters. The van der Waals surface area contributed by atoms with E-state index in [9.17, 15) is 13.6 Å². The van der Waals surface area contributed by atoms with E-state index >= 15 is 0 Å². The fraction of sp³-hybridized carbons (Fsp3) is 0. The lowest BCUT2D eigenvalue weighted by Crippen LogP contribution is -2.17. The van der Waals surface area contributed by atoms with Gasteiger partial charge >= 0.3 is 0 Å². The van der Waals surface area contributed by atoms with E-state index in [1.807, 2.05) is 0 Å². The molecule has 0 saturated carbocycles. The molecule has 0 atom stereocenters. The Kier molecular flexibility index (Phi) is 3.92. The fourth-order valence-corrected chi connectivity index (χ4v) is 1.36. The zero-order chi connectivity index (χ0) is 13.7. The lowest BCUT2D eigenvalue weighted by atomic mass is 10.2. The highest BCUT2D eigenvalue weighted by Gasteiger charge is 2.06. The Morgan fingerprint density at radius 2 is 1.79 bits per heavy atom. The topological polar surface area (TPSA) is 54.4 Å². The number of rotatable bonds is 3. The molecule has 96 valence electrons. The summed E-state index contributed by atoms with van der Waals surface area (Å²) in [6.07, 6.45) is 3.83. The number of carbonyl (C=O) groups excluding carboxylic acids is 1. The zero-order valence-corrected chi connectivity index (χ0v) is 9.68. The minimum absolute atomic E-state index is 0.308. The van der Waals surface area contributed by atoms with Gasteiger partial charge in [0.05, 0.1) is 11.8 Å². The van der Waals surface area contributed by atoms with Crippen LogP contribution in [0.4, 0.5) is 8.78 Å². The summed E-state index contributed by atoms with van der Waals surface area (Å²) >= 11 is 0. The van der Waals surface area contributed by atoms with Crippen molar-refractivity contribution in [1.29, 1.82) is 0 Å². The van der Waals surface area contributed by atoms with Crippen LogP contribution in [-0.4, -0.2) is 17.1 Å². The summed E-state index contributed by atoms with van der Waals surface area (Å²) in [6, 6.07) is 6.45. The van der Waals surface area contributed by atoms with Gasteiger partial charge in [-0.3, -0.25) is 9.78 Å². The Hall–Kier alpha value is -2.63. The van der Waals surface area contributed by atoms with Gasteiger partial charge in [-0.15, -0.1) is 0 Å². The van der Waals surface area contributed by atoms with Gasteiger partial charge in [-0.05, 0) is 24.3 Å². The first kappa shape index (κ1) is 12.8. The normalized spacial score (nSPS) is 10.6. The van der Waals surface area contributed by atoms with Crippen molar-refractivity contribution in [2.45, 2.75) is 0 Å². The first-order valence-corrected chi connectivity index (χ1v) is 5.36. The molecule has 0 spiro atoms. The summed E-state index contributed by atoms with van der Waals surface area (Å²) < 4.78 is 26.5. The van der Waals surface area contributed by atoms with Crippen LogP contribution in [0.5, 0.6) is 0 Å². The lowest BCUT2D eigenvalue weighted by molar-refractivity contribution is 0.0955. The number of halogens is 2. The van der Waals surface area contributed by atoms with E-state index in [0.717, 1.165) is 18.3 Å². The largest absolute Gasteiger partial charge is 0.271 e. The van der Waals surface area contributed by atoms with Crippen LogP contribution in [-0.2, 0) is 0 Å². The molecule has 1 amide bonds. The average Bonchev–Trinajstić information content (AvgIpc) is 2.43. The van der Waals surface area contributed by atoms with E-state index < -0.39 is 17.5 Å². The van der Waals surface area contributed by atoms with Crippen LogP contribution in [0.25, 0.3) is 0 Å². The molecule has 1 N–H and O–H groups in total. The maximum Gasteiger partial charge on any atom is 0.271 e. The van der Waals surface area contributed by atoms with E-state index in [0.29, 0.717) is 5.56 Å². The third-order valence-corrected chi connectivity index (χ3v) is 2.30. The molecule has 2 rings (SSSR count). The maximum atomic E-state index is 13.2. The number of carbonyl (C=O) groups is 1. The zero-order valence-electron chi connectivity index (χ0n) is 9.68. The van der Waals surface area contributed by atoms with Gasteiger partial charge < -0.3 is 0 Å². The van der Waals surface area contributed by atoms with Crippen molar-refractivity contribution in [3.8, 4) is 0 Å². The Labute approximate surface area is 107 Å². The summed E-state index contributed by atoms with van der Waals surface area (Å²) in [7, 11) is 0. The highest BCUT2D eigenvalue weighted by Crippen LogP contribution is 2.08. The van der Waals surface area contributed by atoms with Crippen molar-refractivity contribution in [3.63, 3.8) is 0 Å². The number of amides is 1. The highest BCUT2D eigenvalue weighted by atomic mass is 19.1. The van der Waals surface area contributed by atoms with Crippen LogP contribution >= 0.6 is 0 Å². The van der Waals surface area contributed by atoms with Crippen LogP contribution in [0.1, 0.15) is 15.9 Å². The second-order valence-corrected chi connectivity index (χ2v) is 3.57. The number of hydrogen-bond donors (Lipinski definition) is 1. The number of benzene rings is 1. The molecule has 1 heterocycles. The molecule has 6 heteroatoms. The molecule has 0 bridgehead atoms. The minimum atomic E-state index is -0.748. The number of hydrazone groups is 1. The average molecular weight is 261 g/mol. The first-order chi connectivity index (χ1) is 9.18. The quantitative estimate of drug-likeness (QED) is 0.679. The molecule has 4 nitrogen and oxygen atoms in total. The van der Waals surface area contributed by atoms with E-state index in [-0.39, 0.29) is 5.56 Å². The van der Waals surface area contributed by atoms with Crippen molar-refractivity contribution in [2.24, 2.45) is 5.10 Å². The number of nitrogens with zero attached hydrogens (tertiary/aromatic N) is 2. The first-order valence-electron chi connectivity index (χ1n) is 5.36. The third-order valence-electron chi connectivity index (χ3n) is 2.30. The maximum absolute atomic E-state index is 13.2. The summed E-state index contributed by atoms with van der Waals surface area (Å²) in [6.45, 7) is 0. The van der Waals surface area contributed by atoms with Crippen molar-refractivity contribution in [3.05, 3.63) is 65.5 Å². The van der Waals surface area contributed by atoms with Gasteiger partial charge in [0.25, 0.3) is 5.91 Å². The highest BCUT2D eigenvalue weighted by molar-refractivity contribution is 5.94. The van der Waals surface area contributed by atoms with Gasteiger partial charge in [-0.2, -0.15) is 5.10 Å². The summed E-state index contributed by atoms with van der Waals surface area (Å²) in [4.78, 5) is 15.3. The van der Waals surface area contributed by atoms with E-state index in [1.165, 1.54) is 30.6 Å². The minimum Gasteiger partial charge on any atom is -0.267 e. The second kappa shape index (κ2) is 5.81. The van der Waals surface area contributed by atoms with Crippen LogP contribution in [0.3, 0.4) is 0 Å². The van der Waals surface area contributed by atoms with Crippen molar-refractivity contribution < 1.29 is 13.6 Å². The van der Waals surface area contributed by atoms with Gasteiger partial charge in [-0.25, -0.2) is 14.2 Å². The Balaban J connectivity index is 2.07. The SMILES string of the molecule is O=C(N/N=C/c1c(F)cccc1F)c1ccncc1. The van der Waals surface area contributed by atoms with Crippen LogP contribution in [0.15, 0.2) is 47.8 Å². The fourth-order valence-electron chi connectivity index (χ4n) is 1.36. The molecule has 0 aliphatic heterocycles. The van der Waals surface area contributed by atoms with Crippen molar-refractivity contribution in [2.75, 3.05) is 0 Å². The van der Waals surface area contributed by atoms with E-state index in [2.05, 4.69) is 15.5 Å². The molecular weight excluding hydrogens is 252 g/mol. The molecule has 1 aromatic carbocycles. The number of aromatic nitrogens is 1. The van der Waals surface area contributed by atoms with Crippen LogP contribution < -0.4 is 5.43 Å². The molecule has 2 aromatic rings. The lowest BCUT2D eigenvalue weighted by Gasteiger charge is -2.00. The van der Waals surface area contributed by atoms with Crippen molar-refractivity contribution in [1.82, 2.24) is 10.4 Å². The molecule has 1 aromatic heterocycles. The standard InChI is InChI=1S/C13H9F2N3O/c14-11-2-1-3-12(15)10(11)8-17-18-13(19)9-4-6-16-7-5-9/h1-8H,(H,18,19)/b17-8+. The Morgan fingerprint density at radius 1 is 1.16 bits per heavy atom. The smallest absolute Gasteiger partial charge is 0.267 e. The predicted molar refractivity (Wildman–Crippen MR) is 65.7 cm³/mol. The number of nitrogens with one attached hydrogen (secondary N) is 1. The predicted octanol–water partition coefficient (Wildman–Crippen LogP) is 2.12. The Morgan fingerprint density at radius 3 is 2.42 bits per heavy atom. The summed E-state index contributed by atoms with van der Waals surface area (Å²) in [5, 5.41) is 3.51. The molecule has 0 radical (unpaired) electrons. The van der Waals surface area contributed by atoms with Gasteiger partial charge in [0.15, 0.2) is 0 Å². The van der Waals surface area contributed by atoms with E-state index in [4.69, 9.17) is 0 Å². The summed E-state index contributed by atoms with van der Waals surface area (Å²) in [5.74, 6) is -1.99. The van der Waals surface area contributed by atoms with Crippen molar-refractivity contribution >= 4 is 12.1 Å². The van der Waals surface area contributed by atoms with Gasteiger partial charge in [0.1, 0.15) is 11.6 Å². The molecule has 0 saturated heterocycles. The van der Waals surface area contributed by atoms with Crippen LogP contribution in [0.2, 0.25) is 0 Å². The second-order valence-electron chi connectivity index (χ2n) is 3.57. The monoisotopic (exact) mass is 261 g/mol.